The van der Waals surface area contributed by atoms with Crippen LogP contribution >= 0.6 is 12.4 Å². The predicted molar refractivity (Wildman–Crippen MR) is 92.5 cm³/mol. The first kappa shape index (κ1) is 19.6. The Morgan fingerprint density at radius 3 is 2.38 bits per heavy atom. The molecule has 0 saturated carbocycles. The van der Waals surface area contributed by atoms with Crippen LogP contribution in [-0.4, -0.2) is 43.3 Å². The minimum Gasteiger partial charge on any atom is -0.496 e. The number of rotatable bonds is 8. The second-order valence-electron chi connectivity index (χ2n) is 4.82. The van der Waals surface area contributed by atoms with Gasteiger partial charge in [0.15, 0.2) is 11.5 Å². The van der Waals surface area contributed by atoms with Crippen molar-refractivity contribution in [1.82, 2.24) is 14.9 Å². The summed E-state index contributed by atoms with van der Waals surface area (Å²) >= 11 is 0. The van der Waals surface area contributed by atoms with Crippen molar-refractivity contribution in [3.05, 3.63) is 36.4 Å². The van der Waals surface area contributed by atoms with Gasteiger partial charge in [-0.2, -0.15) is 0 Å². The number of halogens is 1. The van der Waals surface area contributed by atoms with E-state index in [0.29, 0.717) is 29.4 Å². The minimum absolute atomic E-state index is 0. The SMILES string of the molecule is COc1cc(OC)c(C(=O)NCCCn2ccnc2)cc1OC.Cl. The Morgan fingerprint density at radius 1 is 1.12 bits per heavy atom. The number of nitrogens with zero attached hydrogens (tertiary/aromatic N) is 2. The lowest BCUT2D eigenvalue weighted by atomic mass is 10.1. The molecular formula is C16H22ClN3O4. The fraction of sp³-hybridized carbons (Fsp3) is 0.375. The highest BCUT2D eigenvalue weighted by atomic mass is 35.5. The number of imidazole rings is 1. The maximum absolute atomic E-state index is 12.3. The molecule has 132 valence electrons. The molecule has 7 nitrogen and oxygen atoms in total. The normalized spacial score (nSPS) is 9.79. The number of benzene rings is 1. The minimum atomic E-state index is -0.214. The third kappa shape index (κ3) is 4.79. The van der Waals surface area contributed by atoms with Crippen molar-refractivity contribution in [2.75, 3.05) is 27.9 Å². The van der Waals surface area contributed by atoms with Gasteiger partial charge >= 0.3 is 0 Å². The van der Waals surface area contributed by atoms with Crippen molar-refractivity contribution >= 4 is 18.3 Å². The van der Waals surface area contributed by atoms with Crippen LogP contribution in [0.3, 0.4) is 0 Å². The molecule has 24 heavy (non-hydrogen) atoms. The van der Waals surface area contributed by atoms with Crippen LogP contribution in [0.15, 0.2) is 30.9 Å². The number of aryl methyl sites for hydroxylation is 1. The van der Waals surface area contributed by atoms with Crippen LogP contribution < -0.4 is 19.5 Å². The summed E-state index contributed by atoms with van der Waals surface area (Å²) in [6.45, 7) is 1.35. The molecule has 1 N–H and O–H groups in total. The van der Waals surface area contributed by atoms with Crippen molar-refractivity contribution in [1.29, 1.82) is 0 Å². The van der Waals surface area contributed by atoms with E-state index < -0.39 is 0 Å². The maximum Gasteiger partial charge on any atom is 0.255 e. The Kier molecular flexibility index (Phi) is 7.91. The lowest BCUT2D eigenvalue weighted by molar-refractivity contribution is 0.0949. The predicted octanol–water partition coefficient (Wildman–Crippen LogP) is 2.15. The molecule has 0 spiro atoms. The fourth-order valence-corrected chi connectivity index (χ4v) is 2.18. The van der Waals surface area contributed by atoms with Gasteiger partial charge in [0.25, 0.3) is 5.91 Å². The number of amides is 1. The van der Waals surface area contributed by atoms with E-state index in [2.05, 4.69) is 10.3 Å². The van der Waals surface area contributed by atoms with E-state index in [1.807, 2.05) is 10.8 Å². The van der Waals surface area contributed by atoms with Gasteiger partial charge in [0.05, 0.1) is 33.2 Å². The first-order valence-corrected chi connectivity index (χ1v) is 7.23. The number of ether oxygens (including phenoxy) is 3. The molecule has 0 aliphatic carbocycles. The first-order valence-electron chi connectivity index (χ1n) is 7.23. The van der Waals surface area contributed by atoms with E-state index in [1.54, 1.807) is 24.7 Å². The average Bonchev–Trinajstić information content (AvgIpc) is 3.10. The van der Waals surface area contributed by atoms with Gasteiger partial charge in [0.2, 0.25) is 0 Å². The van der Waals surface area contributed by atoms with Gasteiger partial charge in [-0.25, -0.2) is 4.98 Å². The van der Waals surface area contributed by atoms with Crippen LogP contribution in [-0.2, 0) is 6.54 Å². The molecule has 1 heterocycles. The standard InChI is InChI=1S/C16H21N3O4.ClH/c1-21-13-10-15(23-3)14(22-2)9-12(13)16(20)18-5-4-7-19-8-6-17-11-19;/h6,8-11H,4-5,7H2,1-3H3,(H,18,20);1H. The van der Waals surface area contributed by atoms with Gasteiger partial charge in [0.1, 0.15) is 5.75 Å². The zero-order valence-corrected chi connectivity index (χ0v) is 14.8. The Labute approximate surface area is 147 Å². The van der Waals surface area contributed by atoms with Gasteiger partial charge in [-0.05, 0) is 6.42 Å². The topological polar surface area (TPSA) is 74.6 Å². The zero-order valence-electron chi connectivity index (χ0n) is 13.9. The summed E-state index contributed by atoms with van der Waals surface area (Å²) in [7, 11) is 4.57. The van der Waals surface area contributed by atoms with E-state index in [9.17, 15) is 4.79 Å². The molecule has 0 atom stereocenters. The quantitative estimate of drug-likeness (QED) is 0.734. The number of hydrogen-bond donors (Lipinski definition) is 1. The summed E-state index contributed by atoms with van der Waals surface area (Å²) in [6.07, 6.45) is 6.17. The van der Waals surface area contributed by atoms with Gasteiger partial charge < -0.3 is 24.1 Å². The largest absolute Gasteiger partial charge is 0.496 e. The highest BCUT2D eigenvalue weighted by Crippen LogP contribution is 2.34. The first-order chi connectivity index (χ1) is 11.2. The second kappa shape index (κ2) is 9.67. The second-order valence-corrected chi connectivity index (χ2v) is 4.82. The molecule has 1 aromatic heterocycles. The Balaban J connectivity index is 0.00000288. The Bertz CT molecular complexity index is 647. The molecular weight excluding hydrogens is 334 g/mol. The van der Waals surface area contributed by atoms with Gasteiger partial charge in [-0.15, -0.1) is 12.4 Å². The van der Waals surface area contributed by atoms with E-state index in [0.717, 1.165) is 13.0 Å². The van der Waals surface area contributed by atoms with Crippen molar-refractivity contribution in [2.45, 2.75) is 13.0 Å². The van der Waals surface area contributed by atoms with Crippen LogP contribution in [0.4, 0.5) is 0 Å². The Morgan fingerprint density at radius 2 is 1.79 bits per heavy atom. The highest BCUT2D eigenvalue weighted by molar-refractivity contribution is 5.97. The molecule has 0 fully saturated rings. The maximum atomic E-state index is 12.3. The number of nitrogens with one attached hydrogen (secondary N) is 1. The van der Waals surface area contributed by atoms with E-state index in [1.165, 1.54) is 21.3 Å². The summed E-state index contributed by atoms with van der Waals surface area (Å²) in [5.74, 6) is 1.22. The summed E-state index contributed by atoms with van der Waals surface area (Å²) in [5, 5.41) is 2.88. The van der Waals surface area contributed by atoms with Crippen molar-refractivity contribution in [3.63, 3.8) is 0 Å². The molecule has 1 amide bonds. The summed E-state index contributed by atoms with van der Waals surface area (Å²) in [6, 6.07) is 3.25. The number of aromatic nitrogens is 2. The summed E-state index contributed by atoms with van der Waals surface area (Å²) < 4.78 is 17.7. The highest BCUT2D eigenvalue weighted by Gasteiger charge is 2.17. The molecule has 8 heteroatoms. The molecule has 0 radical (unpaired) electrons. The zero-order chi connectivity index (χ0) is 16.7. The third-order valence-electron chi connectivity index (χ3n) is 3.39. The molecule has 0 unspecified atom stereocenters. The van der Waals surface area contributed by atoms with Crippen molar-refractivity contribution < 1.29 is 19.0 Å². The van der Waals surface area contributed by atoms with E-state index in [4.69, 9.17) is 14.2 Å². The van der Waals surface area contributed by atoms with Crippen LogP contribution in [0.25, 0.3) is 0 Å². The van der Waals surface area contributed by atoms with Crippen LogP contribution in [0, 0.1) is 0 Å². The fourth-order valence-electron chi connectivity index (χ4n) is 2.18. The molecule has 0 aliphatic heterocycles. The summed E-state index contributed by atoms with van der Waals surface area (Å²) in [5.41, 5.74) is 0.410. The van der Waals surface area contributed by atoms with Crippen molar-refractivity contribution in [2.24, 2.45) is 0 Å². The van der Waals surface area contributed by atoms with Gasteiger partial charge in [-0.1, -0.05) is 0 Å². The number of hydrogen-bond acceptors (Lipinski definition) is 5. The van der Waals surface area contributed by atoms with Crippen molar-refractivity contribution in [3.8, 4) is 17.2 Å². The summed E-state index contributed by atoms with van der Waals surface area (Å²) in [4.78, 5) is 16.3. The third-order valence-corrected chi connectivity index (χ3v) is 3.39. The van der Waals surface area contributed by atoms with Gasteiger partial charge in [-0.3, -0.25) is 4.79 Å². The molecule has 1 aromatic carbocycles. The number of carbonyl (C=O) groups excluding carboxylic acids is 1. The lowest BCUT2D eigenvalue weighted by Gasteiger charge is -2.14. The van der Waals surface area contributed by atoms with Crippen LogP contribution in [0.5, 0.6) is 17.2 Å². The Hall–Kier alpha value is -2.41. The number of methoxy groups -OCH3 is 3. The van der Waals surface area contributed by atoms with Gasteiger partial charge in [0, 0.05) is 37.6 Å². The molecule has 0 bridgehead atoms. The molecule has 2 rings (SSSR count). The average molecular weight is 356 g/mol. The number of carbonyl (C=O) groups is 1. The van der Waals surface area contributed by atoms with E-state index in [-0.39, 0.29) is 18.3 Å². The van der Waals surface area contributed by atoms with E-state index >= 15 is 0 Å². The van der Waals surface area contributed by atoms with Crippen LogP contribution in [0.1, 0.15) is 16.8 Å². The monoisotopic (exact) mass is 355 g/mol. The molecule has 2 aromatic rings. The smallest absolute Gasteiger partial charge is 0.255 e. The van der Waals surface area contributed by atoms with Crippen LogP contribution in [0.2, 0.25) is 0 Å². The molecule has 0 saturated heterocycles. The lowest BCUT2D eigenvalue weighted by Crippen LogP contribution is -2.25. The molecule has 0 aliphatic rings.